The van der Waals surface area contributed by atoms with Crippen LogP contribution in [0.1, 0.15) is 15.9 Å². The summed E-state index contributed by atoms with van der Waals surface area (Å²) in [5.74, 6) is -0.496. The van der Waals surface area contributed by atoms with E-state index in [0.717, 1.165) is 5.56 Å². The van der Waals surface area contributed by atoms with E-state index in [9.17, 15) is 13.2 Å². The molecule has 0 N–H and O–H groups in total. The minimum atomic E-state index is -3.56. The first-order chi connectivity index (χ1) is 9.45. The maximum atomic E-state index is 12.4. The number of hydrogen-bond donors (Lipinski definition) is 0. The molecule has 2 aromatic rings. The Hall–Kier alpha value is -2.14. The molecule has 0 amide bonds. The fourth-order valence-electron chi connectivity index (χ4n) is 1.74. The lowest BCUT2D eigenvalue weighted by Gasteiger charge is -2.06. The van der Waals surface area contributed by atoms with Gasteiger partial charge in [-0.05, 0) is 43.3 Å². The van der Waals surface area contributed by atoms with Crippen LogP contribution in [0, 0.1) is 6.92 Å². The molecule has 5 heteroatoms. The highest BCUT2D eigenvalue weighted by Crippen LogP contribution is 2.21. The lowest BCUT2D eigenvalue weighted by Crippen LogP contribution is -2.04. The van der Waals surface area contributed by atoms with Crippen molar-refractivity contribution < 1.29 is 17.9 Å². The molecule has 0 radical (unpaired) electrons. The summed E-state index contributed by atoms with van der Waals surface area (Å²) in [6.07, 6.45) is 0. The Labute approximate surface area is 117 Å². The number of carbonyl (C=O) groups excluding carboxylic acids is 1. The van der Waals surface area contributed by atoms with E-state index in [0.29, 0.717) is 5.56 Å². The van der Waals surface area contributed by atoms with E-state index in [1.54, 1.807) is 24.3 Å². The number of rotatable bonds is 3. The molecule has 0 unspecified atom stereocenters. The summed E-state index contributed by atoms with van der Waals surface area (Å²) >= 11 is 0. The van der Waals surface area contributed by atoms with Crippen LogP contribution in [0.2, 0.25) is 0 Å². The third kappa shape index (κ3) is 2.72. The standard InChI is InChI=1S/C15H14O4S/c1-11-3-7-13(8-4-11)20(17,18)14-9-5-12(6-10-14)15(16)19-2/h3-10H,1-2H3. The van der Waals surface area contributed by atoms with E-state index >= 15 is 0 Å². The summed E-state index contributed by atoms with van der Waals surface area (Å²) in [6, 6.07) is 12.3. The number of aryl methyl sites for hydroxylation is 1. The van der Waals surface area contributed by atoms with E-state index in [-0.39, 0.29) is 9.79 Å². The highest BCUT2D eigenvalue weighted by molar-refractivity contribution is 7.91. The van der Waals surface area contributed by atoms with Gasteiger partial charge in [-0.15, -0.1) is 0 Å². The molecule has 0 heterocycles. The van der Waals surface area contributed by atoms with Gasteiger partial charge in [0.2, 0.25) is 9.84 Å². The Balaban J connectivity index is 2.40. The van der Waals surface area contributed by atoms with Crippen molar-refractivity contribution >= 4 is 15.8 Å². The smallest absolute Gasteiger partial charge is 0.337 e. The average molecular weight is 290 g/mol. The molecule has 0 saturated carbocycles. The molecule has 0 saturated heterocycles. The van der Waals surface area contributed by atoms with E-state index in [1.807, 2.05) is 6.92 Å². The first kappa shape index (κ1) is 14.3. The minimum Gasteiger partial charge on any atom is -0.465 e. The first-order valence-corrected chi connectivity index (χ1v) is 7.43. The summed E-state index contributed by atoms with van der Waals surface area (Å²) < 4.78 is 29.3. The van der Waals surface area contributed by atoms with Gasteiger partial charge >= 0.3 is 5.97 Å². The van der Waals surface area contributed by atoms with Gasteiger partial charge in [0.05, 0.1) is 22.5 Å². The van der Waals surface area contributed by atoms with Crippen LogP contribution in [0.3, 0.4) is 0 Å². The van der Waals surface area contributed by atoms with Gasteiger partial charge in [-0.3, -0.25) is 0 Å². The van der Waals surface area contributed by atoms with Crippen LogP contribution in [0.25, 0.3) is 0 Å². The summed E-state index contributed by atoms with van der Waals surface area (Å²) in [7, 11) is -2.28. The number of hydrogen-bond acceptors (Lipinski definition) is 4. The highest BCUT2D eigenvalue weighted by Gasteiger charge is 2.17. The van der Waals surface area contributed by atoms with E-state index in [4.69, 9.17) is 0 Å². The van der Waals surface area contributed by atoms with Crippen molar-refractivity contribution in [3.05, 3.63) is 59.7 Å². The van der Waals surface area contributed by atoms with Crippen molar-refractivity contribution in [2.45, 2.75) is 16.7 Å². The van der Waals surface area contributed by atoms with Crippen molar-refractivity contribution in [1.82, 2.24) is 0 Å². The Kier molecular flexibility index (Phi) is 3.90. The van der Waals surface area contributed by atoms with Crippen LogP contribution in [0.15, 0.2) is 58.3 Å². The predicted octanol–water partition coefficient (Wildman–Crippen LogP) is 2.61. The average Bonchev–Trinajstić information content (AvgIpc) is 2.47. The molecular formula is C15H14O4S. The minimum absolute atomic E-state index is 0.147. The fraction of sp³-hybridized carbons (Fsp3) is 0.133. The summed E-state index contributed by atoms with van der Waals surface area (Å²) in [5, 5.41) is 0. The van der Waals surface area contributed by atoms with Crippen LogP contribution in [0.4, 0.5) is 0 Å². The van der Waals surface area contributed by atoms with Gasteiger partial charge in [-0.2, -0.15) is 0 Å². The van der Waals surface area contributed by atoms with Crippen LogP contribution < -0.4 is 0 Å². The van der Waals surface area contributed by atoms with Crippen LogP contribution in [0.5, 0.6) is 0 Å². The van der Waals surface area contributed by atoms with Gasteiger partial charge < -0.3 is 4.74 Å². The van der Waals surface area contributed by atoms with Crippen molar-refractivity contribution in [2.75, 3.05) is 7.11 Å². The molecule has 0 aliphatic carbocycles. The Morgan fingerprint density at radius 2 is 1.35 bits per heavy atom. The van der Waals surface area contributed by atoms with Gasteiger partial charge in [0.1, 0.15) is 0 Å². The van der Waals surface area contributed by atoms with Gasteiger partial charge in [0, 0.05) is 0 Å². The molecule has 0 aliphatic heterocycles. The van der Waals surface area contributed by atoms with Gasteiger partial charge in [-0.1, -0.05) is 17.7 Å². The van der Waals surface area contributed by atoms with Crippen molar-refractivity contribution in [1.29, 1.82) is 0 Å². The number of carbonyl (C=O) groups is 1. The monoisotopic (exact) mass is 290 g/mol. The number of sulfone groups is 1. The fourth-order valence-corrected chi connectivity index (χ4v) is 3.00. The number of methoxy groups -OCH3 is 1. The summed E-state index contributed by atoms with van der Waals surface area (Å²) in [6.45, 7) is 1.89. The second-order valence-corrected chi connectivity index (χ2v) is 6.28. The highest BCUT2D eigenvalue weighted by atomic mass is 32.2. The second kappa shape index (κ2) is 5.46. The molecule has 0 atom stereocenters. The number of ether oxygens (including phenoxy) is 1. The molecule has 0 fully saturated rings. The lowest BCUT2D eigenvalue weighted by molar-refractivity contribution is 0.0600. The summed E-state index contributed by atoms with van der Waals surface area (Å²) in [5.41, 5.74) is 1.31. The normalized spacial score (nSPS) is 11.1. The van der Waals surface area contributed by atoms with Crippen LogP contribution in [-0.2, 0) is 14.6 Å². The molecule has 104 valence electrons. The van der Waals surface area contributed by atoms with Crippen LogP contribution in [-0.4, -0.2) is 21.5 Å². The molecule has 2 rings (SSSR count). The predicted molar refractivity (Wildman–Crippen MR) is 74.4 cm³/mol. The molecular weight excluding hydrogens is 276 g/mol. The zero-order chi connectivity index (χ0) is 14.8. The van der Waals surface area contributed by atoms with Gasteiger partial charge in [0.15, 0.2) is 0 Å². The van der Waals surface area contributed by atoms with E-state index in [1.165, 1.54) is 31.4 Å². The molecule has 0 bridgehead atoms. The van der Waals surface area contributed by atoms with Crippen molar-refractivity contribution in [3.63, 3.8) is 0 Å². The third-order valence-electron chi connectivity index (χ3n) is 2.92. The Morgan fingerprint density at radius 1 is 0.900 bits per heavy atom. The molecule has 2 aromatic carbocycles. The molecule has 20 heavy (non-hydrogen) atoms. The van der Waals surface area contributed by atoms with Crippen LogP contribution >= 0.6 is 0 Å². The Morgan fingerprint density at radius 3 is 1.80 bits per heavy atom. The Bertz CT molecular complexity index is 713. The van der Waals surface area contributed by atoms with Crippen molar-refractivity contribution in [3.8, 4) is 0 Å². The van der Waals surface area contributed by atoms with E-state index < -0.39 is 15.8 Å². The molecule has 0 aliphatic rings. The van der Waals surface area contributed by atoms with Gasteiger partial charge in [0.25, 0.3) is 0 Å². The number of benzene rings is 2. The zero-order valence-electron chi connectivity index (χ0n) is 11.2. The lowest BCUT2D eigenvalue weighted by atomic mass is 10.2. The maximum Gasteiger partial charge on any atom is 0.337 e. The van der Waals surface area contributed by atoms with Crippen molar-refractivity contribution in [2.24, 2.45) is 0 Å². The topological polar surface area (TPSA) is 60.4 Å². The number of esters is 1. The zero-order valence-corrected chi connectivity index (χ0v) is 12.0. The third-order valence-corrected chi connectivity index (χ3v) is 4.70. The molecule has 0 aromatic heterocycles. The quantitative estimate of drug-likeness (QED) is 0.815. The van der Waals surface area contributed by atoms with Gasteiger partial charge in [-0.25, -0.2) is 13.2 Å². The van der Waals surface area contributed by atoms with E-state index in [2.05, 4.69) is 4.74 Å². The molecule has 0 spiro atoms. The largest absolute Gasteiger partial charge is 0.465 e. The summed E-state index contributed by atoms with van der Waals surface area (Å²) in [4.78, 5) is 11.7. The molecule has 4 nitrogen and oxygen atoms in total. The first-order valence-electron chi connectivity index (χ1n) is 5.95. The SMILES string of the molecule is COC(=O)c1ccc(S(=O)(=O)c2ccc(C)cc2)cc1. The second-order valence-electron chi connectivity index (χ2n) is 4.33. The maximum absolute atomic E-state index is 12.4.